The second kappa shape index (κ2) is 11.3. The van der Waals surface area contributed by atoms with Crippen molar-refractivity contribution < 1.29 is 9.21 Å². The smallest absolute Gasteiger partial charge is 0.287 e. The average molecular weight is 488 g/mol. The van der Waals surface area contributed by atoms with Crippen LogP contribution < -0.4 is 20.7 Å². The van der Waals surface area contributed by atoms with Gasteiger partial charge in [-0.3, -0.25) is 9.59 Å². The van der Waals surface area contributed by atoms with E-state index in [2.05, 4.69) is 50.6 Å². The van der Waals surface area contributed by atoms with Crippen LogP contribution in [0.1, 0.15) is 48.4 Å². The first kappa shape index (κ1) is 23.9. The Bertz CT molecular complexity index is 1260. The normalized spacial score (nSPS) is 16.1. The fourth-order valence-electron chi connectivity index (χ4n) is 4.84. The molecule has 1 amide bonds. The molecule has 8 nitrogen and oxygen atoms in total. The minimum absolute atomic E-state index is 0.177. The van der Waals surface area contributed by atoms with E-state index in [4.69, 9.17) is 4.42 Å². The van der Waals surface area contributed by atoms with Crippen LogP contribution in [0.15, 0.2) is 75.5 Å². The van der Waals surface area contributed by atoms with Crippen LogP contribution in [0.2, 0.25) is 0 Å². The highest BCUT2D eigenvalue weighted by Crippen LogP contribution is 2.20. The van der Waals surface area contributed by atoms with Crippen LogP contribution in [-0.4, -0.2) is 48.4 Å². The van der Waals surface area contributed by atoms with Gasteiger partial charge in [0.05, 0.1) is 0 Å². The van der Waals surface area contributed by atoms with Gasteiger partial charge in [-0.1, -0.05) is 29.8 Å². The van der Waals surface area contributed by atoms with Gasteiger partial charge in [-0.25, -0.2) is 4.68 Å². The molecule has 5 rings (SSSR count). The van der Waals surface area contributed by atoms with E-state index in [-0.39, 0.29) is 23.8 Å². The lowest BCUT2D eigenvalue weighted by atomic mass is 9.97. The average Bonchev–Trinajstić information content (AvgIpc) is 3.40. The predicted molar refractivity (Wildman–Crippen MR) is 141 cm³/mol. The van der Waals surface area contributed by atoms with Crippen molar-refractivity contribution in [2.24, 2.45) is 0 Å². The van der Waals surface area contributed by atoms with Gasteiger partial charge in [-0.15, -0.1) is 0 Å². The Labute approximate surface area is 211 Å². The number of hydrogen-bond acceptors (Lipinski definition) is 6. The van der Waals surface area contributed by atoms with Crippen molar-refractivity contribution >= 4 is 17.4 Å². The van der Waals surface area contributed by atoms with Crippen LogP contribution in [-0.2, 0) is 6.54 Å². The number of piperazine rings is 1. The molecule has 0 saturated carbocycles. The molecular weight excluding hydrogens is 454 g/mol. The first-order chi connectivity index (χ1) is 17.7. The van der Waals surface area contributed by atoms with E-state index in [1.165, 1.54) is 28.8 Å². The maximum atomic E-state index is 12.5. The summed E-state index contributed by atoms with van der Waals surface area (Å²) in [4.78, 5) is 29.5. The summed E-state index contributed by atoms with van der Waals surface area (Å²) in [7, 11) is 0. The Balaban J connectivity index is 1.17. The Kier molecular flexibility index (Phi) is 7.50. The first-order valence-electron chi connectivity index (χ1n) is 12.8. The number of carbonyl (C=O) groups excluding carboxylic acids is 1. The lowest BCUT2D eigenvalue weighted by Gasteiger charge is -2.36. The molecule has 3 heterocycles. The van der Waals surface area contributed by atoms with Crippen molar-refractivity contribution in [1.29, 1.82) is 0 Å². The first-order valence-corrected chi connectivity index (χ1v) is 12.8. The van der Waals surface area contributed by atoms with E-state index in [0.29, 0.717) is 12.3 Å². The molecule has 0 unspecified atom stereocenters. The van der Waals surface area contributed by atoms with E-state index in [1.807, 2.05) is 6.07 Å². The van der Waals surface area contributed by atoms with E-state index in [0.717, 1.165) is 51.3 Å². The minimum atomic E-state index is -0.233. The molecule has 1 fully saturated rings. The number of benzene rings is 1. The van der Waals surface area contributed by atoms with Crippen molar-refractivity contribution in [3.05, 3.63) is 88.1 Å². The standard InChI is InChI=1S/C28H33N5O3/c34-27-14-13-26(32-19-17-31(18-20-32)23-9-5-2-6-10-23)30-33(27)21-24-11-12-25(36-24)28(35)29-16-15-22-7-3-1-4-8-22/h2,5-7,9-14H,1,3-4,8,15-21H2,(H,29,35). The topological polar surface area (TPSA) is 83.6 Å². The van der Waals surface area contributed by atoms with Crippen LogP contribution in [0, 0.1) is 0 Å². The summed E-state index contributed by atoms with van der Waals surface area (Å²) >= 11 is 0. The minimum Gasteiger partial charge on any atom is -0.454 e. The number of aromatic nitrogens is 2. The number of carbonyl (C=O) groups is 1. The van der Waals surface area contributed by atoms with E-state index in [1.54, 1.807) is 24.3 Å². The van der Waals surface area contributed by atoms with Crippen LogP contribution in [0.25, 0.3) is 0 Å². The number of para-hydroxylation sites is 1. The van der Waals surface area contributed by atoms with Gasteiger partial charge in [0.2, 0.25) is 0 Å². The zero-order valence-electron chi connectivity index (χ0n) is 20.6. The van der Waals surface area contributed by atoms with Crippen LogP contribution >= 0.6 is 0 Å². The predicted octanol–water partition coefficient (Wildman–Crippen LogP) is 3.83. The molecule has 0 radical (unpaired) electrons. The highest BCUT2D eigenvalue weighted by atomic mass is 16.4. The van der Waals surface area contributed by atoms with Gasteiger partial charge >= 0.3 is 0 Å². The molecule has 0 spiro atoms. The summed E-state index contributed by atoms with van der Waals surface area (Å²) in [5.41, 5.74) is 2.44. The van der Waals surface area contributed by atoms with Crippen molar-refractivity contribution in [1.82, 2.24) is 15.1 Å². The van der Waals surface area contributed by atoms with Gasteiger partial charge in [-0.05, 0) is 62.4 Å². The van der Waals surface area contributed by atoms with Gasteiger partial charge in [0.15, 0.2) is 5.76 Å². The van der Waals surface area contributed by atoms with Gasteiger partial charge in [0.1, 0.15) is 18.1 Å². The third-order valence-electron chi connectivity index (χ3n) is 6.89. The van der Waals surface area contributed by atoms with Crippen LogP contribution in [0.3, 0.4) is 0 Å². The quantitative estimate of drug-likeness (QED) is 0.486. The van der Waals surface area contributed by atoms with E-state index < -0.39 is 0 Å². The molecule has 1 aromatic carbocycles. The summed E-state index contributed by atoms with van der Waals surface area (Å²) in [6.45, 7) is 4.19. The largest absolute Gasteiger partial charge is 0.454 e. The summed E-state index contributed by atoms with van der Waals surface area (Å²) in [6.07, 6.45) is 7.94. The number of furan rings is 1. The highest BCUT2D eigenvalue weighted by molar-refractivity contribution is 5.91. The van der Waals surface area contributed by atoms with E-state index >= 15 is 0 Å². The Morgan fingerprint density at radius 3 is 2.53 bits per heavy atom. The van der Waals surface area contributed by atoms with Crippen molar-refractivity contribution in [2.45, 2.75) is 38.6 Å². The van der Waals surface area contributed by atoms with Crippen LogP contribution in [0.5, 0.6) is 0 Å². The second-order valence-corrected chi connectivity index (χ2v) is 9.38. The third kappa shape index (κ3) is 5.87. The molecule has 1 saturated heterocycles. The maximum absolute atomic E-state index is 12.5. The lowest BCUT2D eigenvalue weighted by Crippen LogP contribution is -2.47. The second-order valence-electron chi connectivity index (χ2n) is 9.38. The monoisotopic (exact) mass is 487 g/mol. The number of amides is 1. The number of allylic oxidation sites excluding steroid dienone is 1. The van der Waals surface area contributed by atoms with Crippen molar-refractivity contribution in [2.75, 3.05) is 42.5 Å². The Hall–Kier alpha value is -3.81. The Morgan fingerprint density at radius 1 is 0.944 bits per heavy atom. The molecule has 0 atom stereocenters. The van der Waals surface area contributed by atoms with Gasteiger partial charge in [0, 0.05) is 44.5 Å². The molecule has 0 bridgehead atoms. The molecule has 2 aromatic heterocycles. The fourth-order valence-corrected chi connectivity index (χ4v) is 4.84. The fraction of sp³-hybridized carbons (Fsp3) is 0.393. The molecule has 36 heavy (non-hydrogen) atoms. The number of nitrogens with one attached hydrogen (secondary N) is 1. The maximum Gasteiger partial charge on any atom is 0.287 e. The summed E-state index contributed by atoms with van der Waals surface area (Å²) in [5.74, 6) is 1.31. The molecule has 2 aliphatic rings. The zero-order valence-corrected chi connectivity index (χ0v) is 20.6. The molecule has 3 aromatic rings. The highest BCUT2D eigenvalue weighted by Gasteiger charge is 2.19. The molecule has 1 aliphatic carbocycles. The molecular formula is C28H33N5O3. The number of hydrogen-bond donors (Lipinski definition) is 1. The molecule has 1 N–H and O–H groups in total. The van der Waals surface area contributed by atoms with Crippen molar-refractivity contribution in [3.8, 4) is 0 Å². The van der Waals surface area contributed by atoms with E-state index in [9.17, 15) is 9.59 Å². The van der Waals surface area contributed by atoms with Crippen molar-refractivity contribution in [3.63, 3.8) is 0 Å². The zero-order chi connectivity index (χ0) is 24.7. The third-order valence-corrected chi connectivity index (χ3v) is 6.89. The van der Waals surface area contributed by atoms with Gasteiger partial charge in [-0.2, -0.15) is 5.10 Å². The summed E-state index contributed by atoms with van der Waals surface area (Å²) < 4.78 is 7.15. The Morgan fingerprint density at radius 2 is 1.75 bits per heavy atom. The van der Waals surface area contributed by atoms with Gasteiger partial charge in [0.25, 0.3) is 11.5 Å². The molecule has 1 aliphatic heterocycles. The summed E-state index contributed by atoms with van der Waals surface area (Å²) in [6, 6.07) is 17.1. The number of rotatable bonds is 8. The SMILES string of the molecule is O=C(NCCC1=CCCCC1)c1ccc(Cn2nc(N3CCN(c4ccccc4)CC3)ccc2=O)o1. The molecule has 8 heteroatoms. The lowest BCUT2D eigenvalue weighted by molar-refractivity contribution is 0.0924. The number of nitrogens with zero attached hydrogens (tertiary/aromatic N) is 4. The molecule has 188 valence electrons. The van der Waals surface area contributed by atoms with Gasteiger partial charge < -0.3 is 19.5 Å². The number of anilines is 2. The summed E-state index contributed by atoms with van der Waals surface area (Å²) in [5, 5.41) is 7.52. The van der Waals surface area contributed by atoms with Crippen LogP contribution in [0.4, 0.5) is 11.5 Å².